The molecule has 0 radical (unpaired) electrons. The Balaban J connectivity index is 2.08. The predicted octanol–water partition coefficient (Wildman–Crippen LogP) is 3.45. The van der Waals surface area contributed by atoms with Crippen molar-refractivity contribution in [3.63, 3.8) is 0 Å². The summed E-state index contributed by atoms with van der Waals surface area (Å²) in [5.74, 6) is -1.10. The van der Waals surface area contributed by atoms with Crippen molar-refractivity contribution in [1.82, 2.24) is 0 Å². The van der Waals surface area contributed by atoms with Gasteiger partial charge in [-0.25, -0.2) is 8.78 Å². The summed E-state index contributed by atoms with van der Waals surface area (Å²) < 4.78 is 26.3. The van der Waals surface area contributed by atoms with E-state index in [1.165, 1.54) is 24.3 Å². The first-order chi connectivity index (χ1) is 9.06. The molecular formula is C15H13F2NO. The molecule has 0 aliphatic heterocycles. The molecule has 0 bridgehead atoms. The molecule has 0 aliphatic rings. The molecule has 0 aromatic heterocycles. The number of benzene rings is 2. The van der Waals surface area contributed by atoms with Crippen molar-refractivity contribution < 1.29 is 13.6 Å². The topological polar surface area (TPSA) is 29.1 Å². The second-order valence-electron chi connectivity index (χ2n) is 4.28. The first-order valence-corrected chi connectivity index (χ1v) is 5.85. The first kappa shape index (κ1) is 13.2. The van der Waals surface area contributed by atoms with Crippen LogP contribution in [0.1, 0.15) is 11.1 Å². The minimum absolute atomic E-state index is 0.0521. The van der Waals surface area contributed by atoms with Crippen molar-refractivity contribution in [2.45, 2.75) is 13.3 Å². The smallest absolute Gasteiger partial charge is 0.228 e. The molecule has 19 heavy (non-hydrogen) atoms. The van der Waals surface area contributed by atoms with Gasteiger partial charge in [0, 0.05) is 5.69 Å². The average Bonchev–Trinajstić information content (AvgIpc) is 2.36. The normalized spacial score (nSPS) is 10.3. The van der Waals surface area contributed by atoms with Crippen LogP contribution in [0.4, 0.5) is 14.5 Å². The monoisotopic (exact) mass is 261 g/mol. The van der Waals surface area contributed by atoms with Crippen LogP contribution in [0.5, 0.6) is 0 Å². The van der Waals surface area contributed by atoms with Crippen molar-refractivity contribution in [3.8, 4) is 0 Å². The van der Waals surface area contributed by atoms with E-state index in [0.717, 1.165) is 0 Å². The highest BCUT2D eigenvalue weighted by molar-refractivity contribution is 5.92. The van der Waals surface area contributed by atoms with Crippen LogP contribution in [0.15, 0.2) is 42.5 Å². The van der Waals surface area contributed by atoms with Gasteiger partial charge < -0.3 is 5.32 Å². The Morgan fingerprint density at radius 3 is 2.58 bits per heavy atom. The Labute approximate surface area is 110 Å². The maximum Gasteiger partial charge on any atom is 0.228 e. The number of rotatable bonds is 3. The summed E-state index contributed by atoms with van der Waals surface area (Å²) in [6.45, 7) is 1.70. The molecule has 0 atom stereocenters. The second kappa shape index (κ2) is 5.61. The molecule has 2 nitrogen and oxygen atoms in total. The molecule has 0 aliphatic carbocycles. The van der Waals surface area contributed by atoms with Gasteiger partial charge in [-0.2, -0.15) is 0 Å². The van der Waals surface area contributed by atoms with Crippen molar-refractivity contribution in [3.05, 3.63) is 65.2 Å². The van der Waals surface area contributed by atoms with Gasteiger partial charge in [0.2, 0.25) is 5.91 Å². The number of hydrogen-bond donors (Lipinski definition) is 1. The van der Waals surface area contributed by atoms with Gasteiger partial charge in [-0.05, 0) is 42.3 Å². The predicted molar refractivity (Wildman–Crippen MR) is 69.9 cm³/mol. The largest absolute Gasteiger partial charge is 0.326 e. The van der Waals surface area contributed by atoms with E-state index in [1.807, 2.05) is 0 Å². The zero-order chi connectivity index (χ0) is 13.8. The van der Waals surface area contributed by atoms with Gasteiger partial charge in [-0.3, -0.25) is 4.79 Å². The number of halogens is 2. The third-order valence-electron chi connectivity index (χ3n) is 2.77. The number of aryl methyl sites for hydroxylation is 1. The number of hydrogen-bond acceptors (Lipinski definition) is 1. The number of amides is 1. The fraction of sp³-hybridized carbons (Fsp3) is 0.133. The van der Waals surface area contributed by atoms with Gasteiger partial charge in [0.15, 0.2) is 0 Å². The Hall–Kier alpha value is -2.23. The maximum absolute atomic E-state index is 13.4. The minimum Gasteiger partial charge on any atom is -0.326 e. The molecule has 98 valence electrons. The highest BCUT2D eigenvalue weighted by atomic mass is 19.1. The summed E-state index contributed by atoms with van der Waals surface area (Å²) in [5.41, 5.74) is 1.49. The Morgan fingerprint density at radius 1 is 1.16 bits per heavy atom. The van der Waals surface area contributed by atoms with Crippen LogP contribution < -0.4 is 5.32 Å². The third-order valence-corrected chi connectivity index (χ3v) is 2.77. The van der Waals surface area contributed by atoms with Gasteiger partial charge >= 0.3 is 0 Å². The highest BCUT2D eigenvalue weighted by Crippen LogP contribution is 2.16. The summed E-state index contributed by atoms with van der Waals surface area (Å²) in [4.78, 5) is 11.8. The molecule has 2 aromatic carbocycles. The fourth-order valence-electron chi connectivity index (χ4n) is 1.78. The Bertz CT molecular complexity index is 611. The minimum atomic E-state index is -0.409. The standard InChI is InChI=1S/C15H13F2NO/c1-10-8-12(16)6-7-14(10)18-15(19)9-11-4-2-3-5-13(11)17/h2-8H,9H2,1H3,(H,18,19). The van der Waals surface area contributed by atoms with Crippen molar-refractivity contribution in [2.75, 3.05) is 5.32 Å². The molecular weight excluding hydrogens is 248 g/mol. The lowest BCUT2D eigenvalue weighted by Crippen LogP contribution is -2.15. The average molecular weight is 261 g/mol. The second-order valence-corrected chi connectivity index (χ2v) is 4.28. The van der Waals surface area contributed by atoms with E-state index in [2.05, 4.69) is 5.32 Å². The molecule has 0 saturated carbocycles. The lowest BCUT2D eigenvalue weighted by molar-refractivity contribution is -0.115. The number of carbonyl (C=O) groups excluding carboxylic acids is 1. The van der Waals surface area contributed by atoms with Gasteiger partial charge in [-0.15, -0.1) is 0 Å². The van der Waals surface area contributed by atoms with Gasteiger partial charge in [-0.1, -0.05) is 18.2 Å². The third kappa shape index (κ3) is 3.37. The van der Waals surface area contributed by atoms with Gasteiger partial charge in [0.25, 0.3) is 0 Å². The van der Waals surface area contributed by atoms with Crippen molar-refractivity contribution in [2.24, 2.45) is 0 Å². The van der Waals surface area contributed by atoms with E-state index >= 15 is 0 Å². The van der Waals surface area contributed by atoms with Crippen LogP contribution in [-0.4, -0.2) is 5.91 Å². The zero-order valence-electron chi connectivity index (χ0n) is 10.4. The molecule has 0 saturated heterocycles. The molecule has 2 aromatic rings. The van der Waals surface area contributed by atoms with Crippen LogP contribution in [0.3, 0.4) is 0 Å². The number of anilines is 1. The van der Waals surface area contributed by atoms with E-state index in [9.17, 15) is 13.6 Å². The fourth-order valence-corrected chi connectivity index (χ4v) is 1.78. The van der Waals surface area contributed by atoms with Gasteiger partial charge in [0.1, 0.15) is 11.6 Å². The molecule has 0 unspecified atom stereocenters. The molecule has 4 heteroatoms. The lowest BCUT2D eigenvalue weighted by atomic mass is 10.1. The van der Waals surface area contributed by atoms with Gasteiger partial charge in [0.05, 0.1) is 6.42 Å². The summed E-state index contributed by atoms with van der Waals surface area (Å²) in [6, 6.07) is 10.2. The molecule has 0 spiro atoms. The number of carbonyl (C=O) groups is 1. The molecule has 0 fully saturated rings. The van der Waals surface area contributed by atoms with E-state index in [0.29, 0.717) is 16.8 Å². The SMILES string of the molecule is Cc1cc(F)ccc1NC(=O)Cc1ccccc1F. The van der Waals surface area contributed by atoms with Crippen LogP contribution in [0.2, 0.25) is 0 Å². The summed E-state index contributed by atoms with van der Waals surface area (Å²) in [6.07, 6.45) is -0.0521. The Morgan fingerprint density at radius 2 is 1.89 bits per heavy atom. The molecule has 1 amide bonds. The van der Waals surface area contributed by atoms with Crippen LogP contribution in [-0.2, 0) is 11.2 Å². The summed E-state index contributed by atoms with van der Waals surface area (Å²) in [7, 11) is 0. The van der Waals surface area contributed by atoms with Crippen molar-refractivity contribution >= 4 is 11.6 Å². The molecule has 1 N–H and O–H groups in total. The summed E-state index contributed by atoms with van der Waals surface area (Å²) in [5, 5.41) is 2.64. The molecule has 0 heterocycles. The van der Waals surface area contributed by atoms with Crippen molar-refractivity contribution in [1.29, 1.82) is 0 Å². The quantitative estimate of drug-likeness (QED) is 0.900. The van der Waals surface area contributed by atoms with E-state index in [1.54, 1.807) is 25.1 Å². The first-order valence-electron chi connectivity index (χ1n) is 5.85. The molecule has 2 rings (SSSR count). The maximum atomic E-state index is 13.4. The Kier molecular flexibility index (Phi) is 3.90. The van der Waals surface area contributed by atoms with Crippen LogP contribution in [0.25, 0.3) is 0 Å². The van der Waals surface area contributed by atoms with Crippen LogP contribution in [0, 0.1) is 18.6 Å². The van der Waals surface area contributed by atoms with Crippen LogP contribution >= 0.6 is 0 Å². The lowest BCUT2D eigenvalue weighted by Gasteiger charge is -2.08. The summed E-state index contributed by atoms with van der Waals surface area (Å²) >= 11 is 0. The van der Waals surface area contributed by atoms with E-state index in [-0.39, 0.29) is 18.1 Å². The highest BCUT2D eigenvalue weighted by Gasteiger charge is 2.09. The number of nitrogens with one attached hydrogen (secondary N) is 1. The zero-order valence-corrected chi connectivity index (χ0v) is 10.4. The van der Waals surface area contributed by atoms with E-state index < -0.39 is 5.82 Å². The van der Waals surface area contributed by atoms with E-state index in [4.69, 9.17) is 0 Å².